The standard InChI is InChI=1S/C21H29N3O2/c1-3-11-24(12-4-2)13-14-26-18-8-5-16(6-9-18)21(25)17-7-10-19(22)20(23)15-17/h5-10,15H,3-4,11-14,22-23H2,1-2H3. The van der Waals surface area contributed by atoms with Gasteiger partial charge in [0, 0.05) is 17.7 Å². The molecule has 5 nitrogen and oxygen atoms in total. The van der Waals surface area contributed by atoms with Crippen LogP contribution in [0.2, 0.25) is 0 Å². The van der Waals surface area contributed by atoms with Gasteiger partial charge in [-0.15, -0.1) is 0 Å². The van der Waals surface area contributed by atoms with E-state index in [1.165, 1.54) is 0 Å². The van der Waals surface area contributed by atoms with Crippen LogP contribution in [-0.4, -0.2) is 36.9 Å². The fraction of sp³-hybridized carbons (Fsp3) is 0.381. The molecule has 2 aromatic rings. The number of hydrogen-bond acceptors (Lipinski definition) is 5. The van der Waals surface area contributed by atoms with Crippen LogP contribution in [0.3, 0.4) is 0 Å². The molecule has 0 radical (unpaired) electrons. The van der Waals surface area contributed by atoms with Crippen LogP contribution in [0.15, 0.2) is 42.5 Å². The summed E-state index contributed by atoms with van der Waals surface area (Å²) in [7, 11) is 0. The highest BCUT2D eigenvalue weighted by molar-refractivity contribution is 6.09. The van der Waals surface area contributed by atoms with E-state index in [9.17, 15) is 4.79 Å². The summed E-state index contributed by atoms with van der Waals surface area (Å²) in [4.78, 5) is 14.9. The van der Waals surface area contributed by atoms with E-state index < -0.39 is 0 Å². The number of nitrogens with two attached hydrogens (primary N) is 2. The zero-order valence-corrected chi connectivity index (χ0v) is 15.7. The number of anilines is 2. The number of hydrogen-bond donors (Lipinski definition) is 2. The van der Waals surface area contributed by atoms with Crippen LogP contribution in [0.25, 0.3) is 0 Å². The molecule has 5 heteroatoms. The van der Waals surface area contributed by atoms with Gasteiger partial charge in [-0.2, -0.15) is 0 Å². The molecule has 0 heterocycles. The van der Waals surface area contributed by atoms with E-state index in [2.05, 4.69) is 18.7 Å². The van der Waals surface area contributed by atoms with Crippen molar-refractivity contribution in [1.29, 1.82) is 0 Å². The molecule has 0 aromatic heterocycles. The summed E-state index contributed by atoms with van der Waals surface area (Å²) in [5.74, 6) is 0.687. The number of rotatable bonds is 10. The highest BCUT2D eigenvalue weighted by atomic mass is 16.5. The normalized spacial score (nSPS) is 10.9. The second kappa shape index (κ2) is 9.82. The first-order chi connectivity index (χ1) is 12.5. The molecule has 0 saturated carbocycles. The maximum absolute atomic E-state index is 12.5. The Balaban J connectivity index is 1.93. The molecule has 0 spiro atoms. The zero-order valence-electron chi connectivity index (χ0n) is 15.7. The number of nitrogen functional groups attached to an aromatic ring is 2. The Morgan fingerprint density at radius 2 is 1.50 bits per heavy atom. The molecule has 0 saturated heterocycles. The number of ketones is 1. The number of ether oxygens (including phenoxy) is 1. The van der Waals surface area contributed by atoms with E-state index in [-0.39, 0.29) is 5.78 Å². The summed E-state index contributed by atoms with van der Waals surface area (Å²) in [6.45, 7) is 8.11. The zero-order chi connectivity index (χ0) is 18.9. The first-order valence-corrected chi connectivity index (χ1v) is 9.20. The molecule has 0 atom stereocenters. The second-order valence-electron chi connectivity index (χ2n) is 6.39. The molecule has 0 aliphatic heterocycles. The van der Waals surface area contributed by atoms with Crippen molar-refractivity contribution in [3.63, 3.8) is 0 Å². The SMILES string of the molecule is CCCN(CCC)CCOc1ccc(C(=O)c2ccc(N)c(N)c2)cc1. The molecule has 0 unspecified atom stereocenters. The van der Waals surface area contributed by atoms with Gasteiger partial charge in [0.25, 0.3) is 0 Å². The first-order valence-electron chi connectivity index (χ1n) is 9.20. The van der Waals surface area contributed by atoms with Crippen LogP contribution in [0.5, 0.6) is 5.75 Å². The van der Waals surface area contributed by atoms with Gasteiger partial charge in [0.15, 0.2) is 5.78 Å². The van der Waals surface area contributed by atoms with Crippen LogP contribution in [0.4, 0.5) is 11.4 Å². The maximum Gasteiger partial charge on any atom is 0.193 e. The summed E-state index contributed by atoms with van der Waals surface area (Å²) < 4.78 is 5.81. The smallest absolute Gasteiger partial charge is 0.193 e. The van der Waals surface area contributed by atoms with E-state index in [1.807, 2.05) is 12.1 Å². The Bertz CT molecular complexity index is 708. The third-order valence-corrected chi connectivity index (χ3v) is 4.22. The maximum atomic E-state index is 12.5. The van der Waals surface area contributed by atoms with Crippen molar-refractivity contribution in [3.05, 3.63) is 53.6 Å². The van der Waals surface area contributed by atoms with Gasteiger partial charge >= 0.3 is 0 Å². The summed E-state index contributed by atoms with van der Waals surface area (Å²) in [5, 5.41) is 0. The monoisotopic (exact) mass is 355 g/mol. The number of carbonyl (C=O) groups is 1. The highest BCUT2D eigenvalue weighted by Gasteiger charge is 2.10. The molecule has 0 amide bonds. The lowest BCUT2D eigenvalue weighted by Gasteiger charge is -2.20. The third-order valence-electron chi connectivity index (χ3n) is 4.22. The van der Waals surface area contributed by atoms with Gasteiger partial charge in [-0.1, -0.05) is 13.8 Å². The Morgan fingerprint density at radius 3 is 2.08 bits per heavy atom. The predicted molar refractivity (Wildman–Crippen MR) is 108 cm³/mol. The average molecular weight is 355 g/mol. The quantitative estimate of drug-likeness (QED) is 0.503. The van der Waals surface area contributed by atoms with Crippen molar-refractivity contribution in [2.45, 2.75) is 26.7 Å². The Labute approximate surface area is 155 Å². The van der Waals surface area contributed by atoms with Gasteiger partial charge in [-0.05, 0) is 68.4 Å². The van der Waals surface area contributed by atoms with Gasteiger partial charge < -0.3 is 16.2 Å². The lowest BCUT2D eigenvalue weighted by Crippen LogP contribution is -2.30. The van der Waals surface area contributed by atoms with Crippen LogP contribution in [0, 0.1) is 0 Å². The molecule has 2 rings (SSSR count). The predicted octanol–water partition coefficient (Wildman–Crippen LogP) is 3.58. The fourth-order valence-electron chi connectivity index (χ4n) is 2.85. The van der Waals surface area contributed by atoms with Crippen molar-refractivity contribution in [2.24, 2.45) is 0 Å². The molecule has 140 valence electrons. The number of nitrogens with zero attached hydrogens (tertiary/aromatic N) is 1. The lowest BCUT2D eigenvalue weighted by atomic mass is 10.0. The van der Waals surface area contributed by atoms with Gasteiger partial charge in [-0.3, -0.25) is 9.69 Å². The topological polar surface area (TPSA) is 81.6 Å². The summed E-state index contributed by atoms with van der Waals surface area (Å²) in [6, 6.07) is 12.2. The minimum Gasteiger partial charge on any atom is -0.492 e. The minimum atomic E-state index is -0.0830. The van der Waals surface area contributed by atoms with Crippen LogP contribution in [-0.2, 0) is 0 Å². The van der Waals surface area contributed by atoms with Crippen molar-refractivity contribution >= 4 is 17.2 Å². The van der Waals surface area contributed by atoms with Crippen molar-refractivity contribution in [2.75, 3.05) is 37.7 Å². The van der Waals surface area contributed by atoms with Crippen molar-refractivity contribution in [1.82, 2.24) is 4.90 Å². The van der Waals surface area contributed by atoms with E-state index in [1.54, 1.807) is 30.3 Å². The molecule has 0 aliphatic carbocycles. The van der Waals surface area contributed by atoms with Gasteiger partial charge in [-0.25, -0.2) is 0 Å². The summed E-state index contributed by atoms with van der Waals surface area (Å²) >= 11 is 0. The molecule has 2 aromatic carbocycles. The average Bonchev–Trinajstić information content (AvgIpc) is 2.64. The van der Waals surface area contributed by atoms with Gasteiger partial charge in [0.05, 0.1) is 11.4 Å². The molecule has 0 bridgehead atoms. The van der Waals surface area contributed by atoms with E-state index >= 15 is 0 Å². The van der Waals surface area contributed by atoms with Gasteiger partial charge in [0.2, 0.25) is 0 Å². The Hall–Kier alpha value is -2.53. The first kappa shape index (κ1) is 19.8. The molecular weight excluding hydrogens is 326 g/mol. The lowest BCUT2D eigenvalue weighted by molar-refractivity contribution is 0.103. The highest BCUT2D eigenvalue weighted by Crippen LogP contribution is 2.20. The molecule has 26 heavy (non-hydrogen) atoms. The molecule has 4 N–H and O–H groups in total. The summed E-state index contributed by atoms with van der Waals surface area (Å²) in [5.41, 5.74) is 13.5. The number of benzene rings is 2. The van der Waals surface area contributed by atoms with Crippen LogP contribution >= 0.6 is 0 Å². The Morgan fingerprint density at radius 1 is 0.885 bits per heavy atom. The van der Waals surface area contributed by atoms with Gasteiger partial charge in [0.1, 0.15) is 12.4 Å². The number of carbonyl (C=O) groups excluding carboxylic acids is 1. The largest absolute Gasteiger partial charge is 0.492 e. The molecule has 0 fully saturated rings. The van der Waals surface area contributed by atoms with Crippen LogP contribution in [0.1, 0.15) is 42.6 Å². The Kier molecular flexibility index (Phi) is 7.48. The van der Waals surface area contributed by atoms with Crippen molar-refractivity contribution < 1.29 is 9.53 Å². The van der Waals surface area contributed by atoms with E-state index in [4.69, 9.17) is 16.2 Å². The third kappa shape index (κ3) is 5.49. The van der Waals surface area contributed by atoms with Crippen molar-refractivity contribution in [3.8, 4) is 5.75 Å². The molecular formula is C21H29N3O2. The van der Waals surface area contributed by atoms with Crippen LogP contribution < -0.4 is 16.2 Å². The minimum absolute atomic E-state index is 0.0830. The van der Waals surface area contributed by atoms with E-state index in [0.29, 0.717) is 29.1 Å². The molecule has 0 aliphatic rings. The fourth-order valence-corrected chi connectivity index (χ4v) is 2.85. The summed E-state index contributed by atoms with van der Waals surface area (Å²) in [6.07, 6.45) is 2.29. The van der Waals surface area contributed by atoms with E-state index in [0.717, 1.165) is 38.2 Å². The second-order valence-corrected chi connectivity index (χ2v) is 6.39.